The van der Waals surface area contributed by atoms with Crippen LogP contribution in [0.25, 0.3) is 0 Å². The smallest absolute Gasteiger partial charge is 0.261 e. The maximum atomic E-state index is 12.6. The number of carbonyl (C=O) groups excluding carboxylic acids is 1. The highest BCUT2D eigenvalue weighted by Crippen LogP contribution is 2.34. The number of amides is 1. The molecule has 0 fully saturated rings. The number of hydrazone groups is 1. The molecule has 3 aromatic rings. The third kappa shape index (κ3) is 3.99. The topological polar surface area (TPSA) is 92.0 Å². The largest absolute Gasteiger partial charge is 0.467 e. The van der Waals surface area contributed by atoms with Crippen molar-refractivity contribution in [3.8, 4) is 0 Å². The molecule has 1 unspecified atom stereocenters. The van der Waals surface area contributed by atoms with Crippen molar-refractivity contribution in [3.05, 3.63) is 84.3 Å². The van der Waals surface area contributed by atoms with Crippen molar-refractivity contribution < 1.29 is 17.6 Å². The summed E-state index contributed by atoms with van der Waals surface area (Å²) in [7, 11) is -3.70. The fraction of sp³-hybridized carbons (Fsp3) is 0.182. The summed E-state index contributed by atoms with van der Waals surface area (Å²) in [4.78, 5) is 12.6. The van der Waals surface area contributed by atoms with Gasteiger partial charge in [-0.25, -0.2) is 13.4 Å². The molecule has 1 aliphatic heterocycles. The van der Waals surface area contributed by atoms with Gasteiger partial charge in [0.15, 0.2) is 0 Å². The van der Waals surface area contributed by atoms with Gasteiger partial charge in [0.25, 0.3) is 10.0 Å². The first-order chi connectivity index (χ1) is 14.5. The Morgan fingerprint density at radius 3 is 2.63 bits per heavy atom. The standard InChI is InChI=1S/C22H21N3O4S/c1-2-22(26)25-20(21-12-7-13-29-21)15-19(23-25)16-8-6-9-17(14-16)24-30(27,28)18-10-4-3-5-11-18/h3-14,20,24H,2,15H2,1H3. The molecule has 2 aromatic carbocycles. The molecule has 8 heteroatoms. The number of carbonyl (C=O) groups is 1. The lowest BCUT2D eigenvalue weighted by Gasteiger charge is -2.18. The monoisotopic (exact) mass is 423 g/mol. The lowest BCUT2D eigenvalue weighted by Crippen LogP contribution is -2.25. The van der Waals surface area contributed by atoms with E-state index in [2.05, 4.69) is 9.82 Å². The summed E-state index contributed by atoms with van der Waals surface area (Å²) in [6.45, 7) is 1.79. The van der Waals surface area contributed by atoms with Gasteiger partial charge in [-0.1, -0.05) is 37.3 Å². The molecular formula is C22H21N3O4S. The van der Waals surface area contributed by atoms with Gasteiger partial charge in [-0.05, 0) is 42.0 Å². The van der Waals surface area contributed by atoms with Crippen LogP contribution in [0.3, 0.4) is 0 Å². The number of hydrogen-bond acceptors (Lipinski definition) is 5. The zero-order valence-electron chi connectivity index (χ0n) is 16.4. The number of anilines is 1. The van der Waals surface area contributed by atoms with Gasteiger partial charge >= 0.3 is 0 Å². The first-order valence-electron chi connectivity index (χ1n) is 9.59. The van der Waals surface area contributed by atoms with E-state index in [0.29, 0.717) is 30.0 Å². The van der Waals surface area contributed by atoms with Crippen LogP contribution in [0.15, 0.2) is 87.4 Å². The highest BCUT2D eigenvalue weighted by molar-refractivity contribution is 7.92. The Bertz CT molecular complexity index is 1170. The molecule has 30 heavy (non-hydrogen) atoms. The fourth-order valence-electron chi connectivity index (χ4n) is 3.36. The van der Waals surface area contributed by atoms with E-state index in [9.17, 15) is 13.2 Å². The minimum Gasteiger partial charge on any atom is -0.467 e. The van der Waals surface area contributed by atoms with Crippen LogP contribution in [0, 0.1) is 0 Å². The number of hydrogen-bond donors (Lipinski definition) is 1. The number of sulfonamides is 1. The third-order valence-electron chi connectivity index (χ3n) is 4.84. The molecule has 2 heterocycles. The zero-order chi connectivity index (χ0) is 21.1. The van der Waals surface area contributed by atoms with Crippen LogP contribution in [-0.4, -0.2) is 25.0 Å². The molecule has 1 aliphatic rings. The summed E-state index contributed by atoms with van der Waals surface area (Å²) >= 11 is 0. The van der Waals surface area contributed by atoms with Crippen LogP contribution < -0.4 is 4.72 Å². The lowest BCUT2D eigenvalue weighted by atomic mass is 10.0. The predicted molar refractivity (Wildman–Crippen MR) is 113 cm³/mol. The van der Waals surface area contributed by atoms with Crippen molar-refractivity contribution in [3.63, 3.8) is 0 Å². The van der Waals surface area contributed by atoms with Crippen molar-refractivity contribution in [1.82, 2.24) is 5.01 Å². The Labute approximate surface area is 175 Å². The van der Waals surface area contributed by atoms with Crippen molar-refractivity contribution >= 4 is 27.3 Å². The van der Waals surface area contributed by atoms with Crippen molar-refractivity contribution in [2.24, 2.45) is 5.10 Å². The van der Waals surface area contributed by atoms with Crippen LogP contribution in [-0.2, 0) is 14.8 Å². The van der Waals surface area contributed by atoms with Crippen LogP contribution in [0.4, 0.5) is 5.69 Å². The normalized spacial score (nSPS) is 16.4. The highest BCUT2D eigenvalue weighted by atomic mass is 32.2. The average molecular weight is 423 g/mol. The molecule has 0 spiro atoms. The van der Waals surface area contributed by atoms with Gasteiger partial charge < -0.3 is 4.42 Å². The van der Waals surface area contributed by atoms with Crippen LogP contribution in [0.1, 0.15) is 37.1 Å². The minimum absolute atomic E-state index is 0.104. The summed E-state index contributed by atoms with van der Waals surface area (Å²) in [5.41, 5.74) is 1.86. The Balaban J connectivity index is 1.61. The minimum atomic E-state index is -3.70. The fourth-order valence-corrected chi connectivity index (χ4v) is 4.43. The third-order valence-corrected chi connectivity index (χ3v) is 6.24. The number of rotatable bonds is 6. The second-order valence-electron chi connectivity index (χ2n) is 6.87. The summed E-state index contributed by atoms with van der Waals surface area (Å²) in [6, 6.07) is 18.5. The second kappa shape index (κ2) is 8.16. The lowest BCUT2D eigenvalue weighted by molar-refractivity contribution is -0.133. The van der Waals surface area contributed by atoms with E-state index in [1.165, 1.54) is 17.1 Å². The SMILES string of the molecule is CCC(=O)N1N=C(c2cccc(NS(=O)(=O)c3ccccc3)c2)CC1c1ccco1. The first kappa shape index (κ1) is 19.9. The molecule has 1 aromatic heterocycles. The Hall–Kier alpha value is -3.39. The quantitative estimate of drug-likeness (QED) is 0.644. The molecule has 0 saturated carbocycles. The van der Waals surface area contributed by atoms with Gasteiger partial charge in [0.2, 0.25) is 5.91 Å². The summed E-state index contributed by atoms with van der Waals surface area (Å²) in [6.07, 6.45) is 2.37. The maximum Gasteiger partial charge on any atom is 0.261 e. The number of nitrogens with zero attached hydrogens (tertiary/aromatic N) is 2. The van der Waals surface area contributed by atoms with Crippen molar-refractivity contribution in [1.29, 1.82) is 0 Å². The maximum absolute atomic E-state index is 12.6. The van der Waals surface area contributed by atoms with E-state index in [-0.39, 0.29) is 16.8 Å². The van der Waals surface area contributed by atoms with Crippen molar-refractivity contribution in [2.75, 3.05) is 4.72 Å². The highest BCUT2D eigenvalue weighted by Gasteiger charge is 2.34. The number of furan rings is 1. The van der Waals surface area contributed by atoms with Gasteiger partial charge in [-0.15, -0.1) is 0 Å². The van der Waals surface area contributed by atoms with E-state index in [1.54, 1.807) is 55.7 Å². The zero-order valence-corrected chi connectivity index (χ0v) is 17.2. The second-order valence-corrected chi connectivity index (χ2v) is 8.56. The summed E-state index contributed by atoms with van der Waals surface area (Å²) in [5.74, 6) is 0.559. The molecule has 1 amide bonds. The van der Waals surface area contributed by atoms with Gasteiger partial charge in [-0.2, -0.15) is 5.10 Å². The Morgan fingerprint density at radius 2 is 1.93 bits per heavy atom. The molecule has 1 atom stereocenters. The molecular weight excluding hydrogens is 402 g/mol. The summed E-state index contributed by atoms with van der Waals surface area (Å²) in [5, 5.41) is 5.98. The summed E-state index contributed by atoms with van der Waals surface area (Å²) < 4.78 is 33.3. The number of nitrogens with one attached hydrogen (secondary N) is 1. The predicted octanol–water partition coefficient (Wildman–Crippen LogP) is 4.17. The van der Waals surface area contributed by atoms with Gasteiger partial charge in [0.1, 0.15) is 11.8 Å². The molecule has 154 valence electrons. The molecule has 0 aliphatic carbocycles. The Kier molecular flexibility index (Phi) is 5.41. The van der Waals surface area contributed by atoms with Crippen LogP contribution >= 0.6 is 0 Å². The van der Waals surface area contributed by atoms with Crippen LogP contribution in [0.5, 0.6) is 0 Å². The Morgan fingerprint density at radius 1 is 1.13 bits per heavy atom. The van der Waals surface area contributed by atoms with E-state index in [1.807, 2.05) is 12.1 Å². The molecule has 4 rings (SSSR count). The average Bonchev–Trinajstić information content (AvgIpc) is 3.43. The van der Waals surface area contributed by atoms with Gasteiger partial charge in [0.05, 0.1) is 16.9 Å². The molecule has 0 radical (unpaired) electrons. The van der Waals surface area contributed by atoms with Gasteiger partial charge in [-0.3, -0.25) is 9.52 Å². The van der Waals surface area contributed by atoms with Crippen molar-refractivity contribution in [2.45, 2.75) is 30.7 Å². The van der Waals surface area contributed by atoms with E-state index < -0.39 is 10.0 Å². The molecule has 0 bridgehead atoms. The molecule has 7 nitrogen and oxygen atoms in total. The number of benzene rings is 2. The van der Waals surface area contributed by atoms with Gasteiger partial charge in [0, 0.05) is 18.5 Å². The van der Waals surface area contributed by atoms with E-state index in [4.69, 9.17) is 4.42 Å². The van der Waals surface area contributed by atoms with Crippen LogP contribution in [0.2, 0.25) is 0 Å². The molecule has 0 saturated heterocycles. The van der Waals surface area contributed by atoms with E-state index >= 15 is 0 Å². The first-order valence-corrected chi connectivity index (χ1v) is 11.1. The van der Waals surface area contributed by atoms with E-state index in [0.717, 1.165) is 5.56 Å². The molecule has 1 N–H and O–H groups in total.